The van der Waals surface area contributed by atoms with Crippen LogP contribution in [-0.4, -0.2) is 18.5 Å². The summed E-state index contributed by atoms with van der Waals surface area (Å²) in [6.07, 6.45) is 7.25. The van der Waals surface area contributed by atoms with Crippen molar-refractivity contribution >= 4 is 5.91 Å². The lowest BCUT2D eigenvalue weighted by Gasteiger charge is -2.27. The molecule has 3 heteroatoms. The van der Waals surface area contributed by atoms with Crippen molar-refractivity contribution in [3.8, 4) is 0 Å². The van der Waals surface area contributed by atoms with Crippen LogP contribution in [0.5, 0.6) is 0 Å². The molecule has 3 nitrogen and oxygen atoms in total. The van der Waals surface area contributed by atoms with Gasteiger partial charge in [-0.15, -0.1) is 0 Å². The summed E-state index contributed by atoms with van der Waals surface area (Å²) < 4.78 is 0. The largest absolute Gasteiger partial charge is 0.348 e. The third-order valence-electron chi connectivity index (χ3n) is 3.75. The van der Waals surface area contributed by atoms with Gasteiger partial charge in [0, 0.05) is 6.54 Å². The first-order chi connectivity index (χ1) is 8.84. The molecule has 1 aromatic carbocycles. The lowest BCUT2D eigenvalue weighted by Crippen LogP contribution is -2.42. The Balaban J connectivity index is 1.74. The van der Waals surface area contributed by atoms with Gasteiger partial charge in [0.15, 0.2) is 0 Å². The Morgan fingerprint density at radius 3 is 3.06 bits per heavy atom. The summed E-state index contributed by atoms with van der Waals surface area (Å²) in [5.41, 5.74) is 2.67. The highest BCUT2D eigenvalue weighted by molar-refractivity contribution is 5.84. The molecule has 0 aromatic heterocycles. The SMILES string of the molecule is O=C(N[C@@H]1CCCc2ccccc21)[C@@H]1C=CCN1. The maximum Gasteiger partial charge on any atom is 0.241 e. The van der Waals surface area contributed by atoms with Gasteiger partial charge in [-0.3, -0.25) is 10.1 Å². The van der Waals surface area contributed by atoms with E-state index in [-0.39, 0.29) is 18.0 Å². The predicted molar refractivity (Wildman–Crippen MR) is 71.2 cm³/mol. The molecule has 0 unspecified atom stereocenters. The summed E-state index contributed by atoms with van der Waals surface area (Å²) in [5, 5.41) is 6.31. The Kier molecular flexibility index (Phi) is 3.15. The molecular formula is C15H18N2O. The Labute approximate surface area is 107 Å². The highest BCUT2D eigenvalue weighted by atomic mass is 16.2. The van der Waals surface area contributed by atoms with Gasteiger partial charge in [-0.05, 0) is 30.4 Å². The van der Waals surface area contributed by atoms with Gasteiger partial charge in [-0.25, -0.2) is 0 Å². The quantitative estimate of drug-likeness (QED) is 0.775. The fraction of sp³-hybridized carbons (Fsp3) is 0.400. The van der Waals surface area contributed by atoms with Crippen LogP contribution in [0.2, 0.25) is 0 Å². The Hall–Kier alpha value is -1.61. The zero-order chi connectivity index (χ0) is 12.4. The minimum Gasteiger partial charge on any atom is -0.348 e. The monoisotopic (exact) mass is 242 g/mol. The van der Waals surface area contributed by atoms with Gasteiger partial charge in [-0.1, -0.05) is 36.4 Å². The number of hydrogen-bond acceptors (Lipinski definition) is 2. The normalized spacial score (nSPS) is 25.8. The van der Waals surface area contributed by atoms with Gasteiger partial charge < -0.3 is 5.32 Å². The fourth-order valence-corrected chi connectivity index (χ4v) is 2.81. The van der Waals surface area contributed by atoms with Crippen molar-refractivity contribution in [1.29, 1.82) is 0 Å². The second-order valence-corrected chi connectivity index (χ2v) is 4.97. The van der Waals surface area contributed by atoms with Gasteiger partial charge in [-0.2, -0.15) is 0 Å². The molecule has 1 aliphatic carbocycles. The van der Waals surface area contributed by atoms with Gasteiger partial charge >= 0.3 is 0 Å². The molecule has 2 atom stereocenters. The summed E-state index contributed by atoms with van der Waals surface area (Å²) in [4.78, 5) is 12.1. The predicted octanol–water partition coefficient (Wildman–Crippen LogP) is 1.71. The van der Waals surface area contributed by atoms with E-state index in [9.17, 15) is 4.79 Å². The summed E-state index contributed by atoms with van der Waals surface area (Å²) in [7, 11) is 0. The fourth-order valence-electron chi connectivity index (χ4n) is 2.81. The molecule has 94 valence electrons. The van der Waals surface area contributed by atoms with E-state index >= 15 is 0 Å². The summed E-state index contributed by atoms with van der Waals surface area (Å²) in [6.45, 7) is 0.791. The highest BCUT2D eigenvalue weighted by Gasteiger charge is 2.24. The Morgan fingerprint density at radius 2 is 2.22 bits per heavy atom. The van der Waals surface area contributed by atoms with Gasteiger partial charge in [0.2, 0.25) is 5.91 Å². The Morgan fingerprint density at radius 1 is 1.33 bits per heavy atom. The number of aryl methyl sites for hydroxylation is 1. The van der Waals surface area contributed by atoms with Crippen molar-refractivity contribution in [2.24, 2.45) is 0 Å². The number of hydrogen-bond donors (Lipinski definition) is 2. The molecule has 0 fully saturated rings. The van der Waals surface area contributed by atoms with Crippen LogP contribution < -0.4 is 10.6 Å². The zero-order valence-electron chi connectivity index (χ0n) is 10.4. The van der Waals surface area contributed by atoms with E-state index in [1.807, 2.05) is 12.2 Å². The molecule has 0 saturated carbocycles. The first-order valence-corrected chi connectivity index (χ1v) is 6.63. The number of benzene rings is 1. The van der Waals surface area contributed by atoms with Gasteiger partial charge in [0.05, 0.1) is 6.04 Å². The number of nitrogens with one attached hydrogen (secondary N) is 2. The number of carbonyl (C=O) groups excluding carboxylic acids is 1. The van der Waals surface area contributed by atoms with Crippen LogP contribution in [0, 0.1) is 0 Å². The first kappa shape index (κ1) is 11.5. The molecule has 0 saturated heterocycles. The molecule has 0 bridgehead atoms. The average molecular weight is 242 g/mol. The smallest absolute Gasteiger partial charge is 0.241 e. The van der Waals surface area contributed by atoms with Crippen LogP contribution in [0.25, 0.3) is 0 Å². The molecule has 0 spiro atoms. The Bertz CT molecular complexity index is 481. The standard InChI is InChI=1S/C15H18N2O/c18-15(14-9-4-10-16-14)17-13-8-3-6-11-5-1-2-7-12(11)13/h1-2,4-5,7,9,13-14,16H,3,6,8,10H2,(H,17,18)/t13-,14+/m1/s1. The average Bonchev–Trinajstić information content (AvgIpc) is 2.93. The summed E-state index contributed by atoms with van der Waals surface area (Å²) in [6, 6.07) is 8.46. The minimum absolute atomic E-state index is 0.0884. The summed E-state index contributed by atoms with van der Waals surface area (Å²) in [5.74, 6) is 0.0884. The van der Waals surface area contributed by atoms with Crippen molar-refractivity contribution in [2.45, 2.75) is 31.3 Å². The van der Waals surface area contributed by atoms with Crippen molar-refractivity contribution in [3.05, 3.63) is 47.5 Å². The van der Waals surface area contributed by atoms with Crippen molar-refractivity contribution in [3.63, 3.8) is 0 Å². The molecule has 3 rings (SSSR count). The number of carbonyl (C=O) groups is 1. The van der Waals surface area contributed by atoms with E-state index in [0.717, 1.165) is 25.8 Å². The number of rotatable bonds is 2. The van der Waals surface area contributed by atoms with Crippen LogP contribution in [0.1, 0.15) is 30.0 Å². The third-order valence-corrected chi connectivity index (χ3v) is 3.75. The molecular weight excluding hydrogens is 224 g/mol. The first-order valence-electron chi connectivity index (χ1n) is 6.63. The van der Waals surface area contributed by atoms with E-state index in [0.29, 0.717) is 0 Å². The van der Waals surface area contributed by atoms with E-state index in [1.165, 1.54) is 11.1 Å². The topological polar surface area (TPSA) is 41.1 Å². The molecule has 1 aliphatic heterocycles. The van der Waals surface area contributed by atoms with Crippen molar-refractivity contribution < 1.29 is 4.79 Å². The van der Waals surface area contributed by atoms with E-state index in [1.54, 1.807) is 0 Å². The lowest BCUT2D eigenvalue weighted by molar-refractivity contribution is -0.122. The molecule has 2 aliphatic rings. The van der Waals surface area contributed by atoms with Gasteiger partial charge in [0.25, 0.3) is 0 Å². The van der Waals surface area contributed by atoms with E-state index < -0.39 is 0 Å². The van der Waals surface area contributed by atoms with Crippen molar-refractivity contribution in [2.75, 3.05) is 6.54 Å². The molecule has 18 heavy (non-hydrogen) atoms. The molecule has 1 heterocycles. The van der Waals surface area contributed by atoms with E-state index in [2.05, 4.69) is 34.9 Å². The number of fused-ring (bicyclic) bond motifs is 1. The van der Waals surface area contributed by atoms with Crippen molar-refractivity contribution in [1.82, 2.24) is 10.6 Å². The molecule has 1 amide bonds. The molecule has 1 aromatic rings. The third kappa shape index (κ3) is 2.18. The van der Waals surface area contributed by atoms with E-state index in [4.69, 9.17) is 0 Å². The minimum atomic E-state index is -0.154. The van der Waals surface area contributed by atoms with Crippen LogP contribution in [-0.2, 0) is 11.2 Å². The second kappa shape index (κ2) is 4.94. The number of amides is 1. The second-order valence-electron chi connectivity index (χ2n) is 4.97. The zero-order valence-corrected chi connectivity index (χ0v) is 10.4. The van der Waals surface area contributed by atoms with Crippen LogP contribution in [0.4, 0.5) is 0 Å². The summed E-state index contributed by atoms with van der Waals surface area (Å²) >= 11 is 0. The van der Waals surface area contributed by atoms with Crippen LogP contribution in [0.3, 0.4) is 0 Å². The lowest BCUT2D eigenvalue weighted by atomic mass is 9.87. The molecule has 2 N–H and O–H groups in total. The molecule has 0 radical (unpaired) electrons. The maximum atomic E-state index is 12.1. The van der Waals surface area contributed by atoms with Gasteiger partial charge in [0.1, 0.15) is 6.04 Å². The van der Waals surface area contributed by atoms with Crippen LogP contribution in [0.15, 0.2) is 36.4 Å². The maximum absolute atomic E-state index is 12.1. The highest BCUT2D eigenvalue weighted by Crippen LogP contribution is 2.29. The van der Waals surface area contributed by atoms with Crippen LogP contribution >= 0.6 is 0 Å².